The fraction of sp³-hybridized carbons (Fsp3) is 0.136. The zero-order chi connectivity index (χ0) is 16.4. The molecule has 2 aromatic heterocycles. The Labute approximate surface area is 142 Å². The van der Waals surface area contributed by atoms with Gasteiger partial charge in [-0.2, -0.15) is 0 Å². The Morgan fingerprint density at radius 1 is 0.875 bits per heavy atom. The van der Waals surface area contributed by atoms with Gasteiger partial charge in [0, 0.05) is 23.7 Å². The van der Waals surface area contributed by atoms with Crippen molar-refractivity contribution in [3.05, 3.63) is 95.9 Å². The van der Waals surface area contributed by atoms with Gasteiger partial charge < -0.3 is 4.57 Å². The molecule has 2 aromatic carbocycles. The topological polar surface area (TPSA) is 17.8 Å². The van der Waals surface area contributed by atoms with Gasteiger partial charge >= 0.3 is 0 Å². The van der Waals surface area contributed by atoms with E-state index in [0.717, 1.165) is 18.5 Å². The minimum Gasteiger partial charge on any atom is -0.311 e. The highest BCUT2D eigenvalue weighted by atomic mass is 15.0. The molecular formula is C22H20N2. The zero-order valence-electron chi connectivity index (χ0n) is 13.8. The lowest BCUT2D eigenvalue weighted by Gasteiger charge is -2.12. The van der Waals surface area contributed by atoms with Gasteiger partial charge in [0.2, 0.25) is 0 Å². The Hall–Kier alpha value is -2.87. The summed E-state index contributed by atoms with van der Waals surface area (Å²) in [6.07, 6.45) is 5.72. The van der Waals surface area contributed by atoms with Gasteiger partial charge in [0.05, 0.1) is 17.4 Å². The van der Waals surface area contributed by atoms with E-state index in [1.165, 1.54) is 27.7 Å². The van der Waals surface area contributed by atoms with Gasteiger partial charge in [-0.15, -0.1) is 0 Å². The van der Waals surface area contributed by atoms with Crippen LogP contribution in [0.2, 0.25) is 0 Å². The van der Waals surface area contributed by atoms with Crippen molar-refractivity contribution in [2.24, 2.45) is 0 Å². The molecule has 0 amide bonds. The van der Waals surface area contributed by atoms with Crippen LogP contribution in [0.4, 0.5) is 0 Å². The Morgan fingerprint density at radius 3 is 2.42 bits per heavy atom. The van der Waals surface area contributed by atoms with Gasteiger partial charge in [-0.25, -0.2) is 0 Å². The van der Waals surface area contributed by atoms with Crippen molar-refractivity contribution in [1.82, 2.24) is 9.55 Å². The standard InChI is InChI=1S/C22H20N2/c1-2-19-20-12-6-7-13-21(20)24(18-11-8-14-23-16-18)22(19)15-17-9-4-3-5-10-17/h3-14,16H,2,15H2,1H3. The van der Waals surface area contributed by atoms with Crippen LogP contribution in [0.3, 0.4) is 0 Å². The molecular weight excluding hydrogens is 292 g/mol. The van der Waals surface area contributed by atoms with E-state index in [9.17, 15) is 0 Å². The van der Waals surface area contributed by atoms with Gasteiger partial charge in [0.1, 0.15) is 0 Å². The van der Waals surface area contributed by atoms with E-state index >= 15 is 0 Å². The molecule has 0 unspecified atom stereocenters. The van der Waals surface area contributed by atoms with Crippen molar-refractivity contribution in [2.75, 3.05) is 0 Å². The summed E-state index contributed by atoms with van der Waals surface area (Å²) < 4.78 is 2.37. The second kappa shape index (κ2) is 6.32. The average Bonchev–Trinajstić information content (AvgIpc) is 2.96. The molecule has 0 radical (unpaired) electrons. The van der Waals surface area contributed by atoms with E-state index in [1.54, 1.807) is 0 Å². The summed E-state index contributed by atoms with van der Waals surface area (Å²) in [5.74, 6) is 0. The summed E-state index contributed by atoms with van der Waals surface area (Å²) in [6.45, 7) is 2.24. The highest BCUT2D eigenvalue weighted by Gasteiger charge is 2.17. The van der Waals surface area contributed by atoms with Crippen molar-refractivity contribution < 1.29 is 0 Å². The Morgan fingerprint density at radius 2 is 1.67 bits per heavy atom. The largest absolute Gasteiger partial charge is 0.311 e. The number of nitrogens with zero attached hydrogens (tertiary/aromatic N) is 2. The summed E-state index contributed by atoms with van der Waals surface area (Å²) in [5, 5.41) is 1.34. The van der Waals surface area contributed by atoms with Crippen LogP contribution in [-0.2, 0) is 12.8 Å². The number of hydrogen-bond acceptors (Lipinski definition) is 1. The highest BCUT2D eigenvalue weighted by molar-refractivity contribution is 5.87. The van der Waals surface area contributed by atoms with Gasteiger partial charge in [-0.3, -0.25) is 4.98 Å². The van der Waals surface area contributed by atoms with Crippen LogP contribution < -0.4 is 0 Å². The maximum absolute atomic E-state index is 4.33. The number of hydrogen-bond donors (Lipinski definition) is 0. The lowest BCUT2D eigenvalue weighted by molar-refractivity contribution is 0.943. The van der Waals surface area contributed by atoms with Crippen molar-refractivity contribution in [2.45, 2.75) is 19.8 Å². The molecule has 0 aliphatic carbocycles. The Kier molecular flexibility index (Phi) is 3.87. The molecule has 0 N–H and O–H groups in total. The zero-order valence-corrected chi connectivity index (χ0v) is 13.8. The van der Waals surface area contributed by atoms with Crippen LogP contribution >= 0.6 is 0 Å². The highest BCUT2D eigenvalue weighted by Crippen LogP contribution is 2.31. The third-order valence-corrected chi connectivity index (χ3v) is 4.56. The molecule has 24 heavy (non-hydrogen) atoms. The van der Waals surface area contributed by atoms with Crippen LogP contribution in [0.1, 0.15) is 23.7 Å². The van der Waals surface area contributed by atoms with Crippen molar-refractivity contribution >= 4 is 10.9 Å². The molecule has 0 aliphatic heterocycles. The minimum absolute atomic E-state index is 0.924. The number of para-hydroxylation sites is 1. The molecule has 118 valence electrons. The van der Waals surface area contributed by atoms with Crippen molar-refractivity contribution in [3.8, 4) is 5.69 Å². The van der Waals surface area contributed by atoms with Crippen molar-refractivity contribution in [1.29, 1.82) is 0 Å². The fourth-order valence-corrected chi connectivity index (χ4v) is 3.51. The van der Waals surface area contributed by atoms with E-state index in [4.69, 9.17) is 0 Å². The molecule has 2 heterocycles. The molecule has 0 spiro atoms. The van der Waals surface area contributed by atoms with Crippen LogP contribution in [0, 0.1) is 0 Å². The first-order chi connectivity index (χ1) is 11.9. The first kappa shape index (κ1) is 14.7. The van der Waals surface area contributed by atoms with Gasteiger partial charge in [0.15, 0.2) is 0 Å². The number of aromatic nitrogens is 2. The van der Waals surface area contributed by atoms with E-state index in [0.29, 0.717) is 0 Å². The SMILES string of the molecule is CCc1c(Cc2ccccc2)n(-c2cccnc2)c2ccccc12. The second-order valence-electron chi connectivity index (χ2n) is 6.00. The maximum Gasteiger partial charge on any atom is 0.0642 e. The van der Waals surface area contributed by atoms with Gasteiger partial charge in [-0.1, -0.05) is 55.5 Å². The second-order valence-corrected chi connectivity index (χ2v) is 6.00. The molecule has 0 saturated carbocycles. The number of rotatable bonds is 4. The number of fused-ring (bicyclic) bond motifs is 1. The normalized spacial score (nSPS) is 11.0. The summed E-state index contributed by atoms with van der Waals surface area (Å²) in [6, 6.07) is 23.5. The summed E-state index contributed by atoms with van der Waals surface area (Å²) in [7, 11) is 0. The predicted octanol–water partition coefficient (Wildman–Crippen LogP) is 5.18. The first-order valence-electron chi connectivity index (χ1n) is 8.44. The Balaban J connectivity index is 1.99. The molecule has 0 atom stereocenters. The molecule has 4 aromatic rings. The van der Waals surface area contributed by atoms with E-state index in [1.807, 2.05) is 18.5 Å². The van der Waals surface area contributed by atoms with E-state index in [2.05, 4.69) is 77.1 Å². The third kappa shape index (κ3) is 2.50. The Bertz CT molecular complexity index is 953. The quantitative estimate of drug-likeness (QED) is 0.508. The molecule has 0 saturated heterocycles. The van der Waals surface area contributed by atoms with Crippen LogP contribution in [0.25, 0.3) is 16.6 Å². The summed E-state index contributed by atoms with van der Waals surface area (Å²) >= 11 is 0. The summed E-state index contributed by atoms with van der Waals surface area (Å²) in [4.78, 5) is 4.33. The molecule has 0 fully saturated rings. The third-order valence-electron chi connectivity index (χ3n) is 4.56. The first-order valence-corrected chi connectivity index (χ1v) is 8.44. The average molecular weight is 312 g/mol. The molecule has 0 bridgehead atoms. The summed E-state index contributed by atoms with van der Waals surface area (Å²) in [5.41, 5.74) is 6.50. The lowest BCUT2D eigenvalue weighted by atomic mass is 10.0. The fourth-order valence-electron chi connectivity index (χ4n) is 3.51. The van der Waals surface area contributed by atoms with Gasteiger partial charge in [0.25, 0.3) is 0 Å². The number of benzene rings is 2. The number of pyridine rings is 1. The minimum atomic E-state index is 0.924. The van der Waals surface area contributed by atoms with Crippen molar-refractivity contribution in [3.63, 3.8) is 0 Å². The molecule has 4 rings (SSSR count). The van der Waals surface area contributed by atoms with Crippen LogP contribution in [0.15, 0.2) is 79.1 Å². The molecule has 2 nitrogen and oxygen atoms in total. The van der Waals surface area contributed by atoms with E-state index in [-0.39, 0.29) is 0 Å². The predicted molar refractivity (Wildman–Crippen MR) is 99.7 cm³/mol. The van der Waals surface area contributed by atoms with Gasteiger partial charge in [-0.05, 0) is 35.7 Å². The van der Waals surface area contributed by atoms with E-state index < -0.39 is 0 Å². The smallest absolute Gasteiger partial charge is 0.0642 e. The van der Waals surface area contributed by atoms with Crippen LogP contribution in [0.5, 0.6) is 0 Å². The maximum atomic E-state index is 4.33. The molecule has 2 heteroatoms. The number of aryl methyl sites for hydroxylation is 1. The molecule has 0 aliphatic rings. The lowest BCUT2D eigenvalue weighted by Crippen LogP contribution is -2.03. The monoisotopic (exact) mass is 312 g/mol. The van der Waals surface area contributed by atoms with Crippen LogP contribution in [-0.4, -0.2) is 9.55 Å².